The molecule has 1 unspecified atom stereocenters. The van der Waals surface area contributed by atoms with E-state index in [9.17, 15) is 4.79 Å². The SMILES string of the molecule is CCC(NC(=O)c1cc(-c2cccs2)[nH]n1)c1ccc(OC2CCCC2)cc1. The number of hydrogen-bond acceptors (Lipinski definition) is 4. The highest BCUT2D eigenvalue weighted by molar-refractivity contribution is 7.13. The van der Waals surface area contributed by atoms with E-state index in [0.29, 0.717) is 11.8 Å². The summed E-state index contributed by atoms with van der Waals surface area (Å²) in [5.74, 6) is 0.738. The first-order chi connectivity index (χ1) is 13.7. The molecular weight excluding hydrogens is 370 g/mol. The molecule has 0 aliphatic heterocycles. The van der Waals surface area contributed by atoms with E-state index >= 15 is 0 Å². The first kappa shape index (κ1) is 18.7. The monoisotopic (exact) mass is 395 g/mol. The number of hydrogen-bond donors (Lipinski definition) is 2. The molecule has 6 heteroatoms. The van der Waals surface area contributed by atoms with Crippen molar-refractivity contribution in [3.8, 4) is 16.3 Å². The van der Waals surface area contributed by atoms with Crippen LogP contribution in [0.25, 0.3) is 10.6 Å². The summed E-state index contributed by atoms with van der Waals surface area (Å²) in [6, 6.07) is 13.8. The summed E-state index contributed by atoms with van der Waals surface area (Å²) < 4.78 is 6.03. The lowest BCUT2D eigenvalue weighted by molar-refractivity contribution is 0.0930. The number of aromatic amines is 1. The van der Waals surface area contributed by atoms with Gasteiger partial charge in [-0.2, -0.15) is 5.10 Å². The van der Waals surface area contributed by atoms with Crippen LogP contribution in [-0.4, -0.2) is 22.2 Å². The van der Waals surface area contributed by atoms with E-state index in [1.54, 1.807) is 17.4 Å². The molecule has 1 aliphatic rings. The van der Waals surface area contributed by atoms with Crippen molar-refractivity contribution in [1.82, 2.24) is 15.5 Å². The van der Waals surface area contributed by atoms with E-state index in [-0.39, 0.29) is 11.9 Å². The summed E-state index contributed by atoms with van der Waals surface area (Å²) >= 11 is 1.61. The number of H-pyrrole nitrogens is 1. The van der Waals surface area contributed by atoms with Crippen LogP contribution in [0.15, 0.2) is 47.8 Å². The number of benzene rings is 1. The summed E-state index contributed by atoms with van der Waals surface area (Å²) in [6.07, 6.45) is 5.96. The maximum atomic E-state index is 12.7. The standard InChI is InChI=1S/C22H25N3O2S/c1-2-18(15-9-11-17(12-10-15)27-16-6-3-4-7-16)23-22(26)20-14-19(24-25-20)21-8-5-13-28-21/h5,8-14,16,18H,2-4,6-7H2,1H3,(H,23,26)(H,24,25). The van der Waals surface area contributed by atoms with Crippen molar-refractivity contribution in [3.63, 3.8) is 0 Å². The molecule has 1 aliphatic carbocycles. The van der Waals surface area contributed by atoms with Crippen molar-refractivity contribution in [2.45, 2.75) is 51.2 Å². The van der Waals surface area contributed by atoms with Crippen molar-refractivity contribution >= 4 is 17.2 Å². The minimum Gasteiger partial charge on any atom is -0.490 e. The molecule has 1 fully saturated rings. The van der Waals surface area contributed by atoms with Crippen LogP contribution in [0, 0.1) is 0 Å². The second-order valence-corrected chi connectivity index (χ2v) is 8.12. The van der Waals surface area contributed by atoms with Crippen molar-refractivity contribution < 1.29 is 9.53 Å². The van der Waals surface area contributed by atoms with E-state index < -0.39 is 0 Å². The van der Waals surface area contributed by atoms with E-state index in [4.69, 9.17) is 4.74 Å². The van der Waals surface area contributed by atoms with Crippen LogP contribution in [0.5, 0.6) is 5.75 Å². The third kappa shape index (κ3) is 4.28. The van der Waals surface area contributed by atoms with Crippen LogP contribution in [0.3, 0.4) is 0 Å². The Morgan fingerprint density at radius 3 is 2.75 bits per heavy atom. The largest absolute Gasteiger partial charge is 0.490 e. The van der Waals surface area contributed by atoms with Gasteiger partial charge in [0, 0.05) is 0 Å². The predicted octanol–water partition coefficient (Wildman–Crippen LogP) is 5.34. The predicted molar refractivity (Wildman–Crippen MR) is 112 cm³/mol. The molecule has 1 atom stereocenters. The molecule has 0 radical (unpaired) electrons. The van der Waals surface area contributed by atoms with E-state index in [2.05, 4.69) is 22.4 Å². The Morgan fingerprint density at radius 1 is 1.29 bits per heavy atom. The van der Waals surface area contributed by atoms with Gasteiger partial charge in [-0.25, -0.2) is 0 Å². The molecule has 1 amide bonds. The van der Waals surface area contributed by atoms with Crippen molar-refractivity contribution in [1.29, 1.82) is 0 Å². The lowest BCUT2D eigenvalue weighted by Gasteiger charge is -2.18. The Balaban J connectivity index is 1.40. The van der Waals surface area contributed by atoms with E-state index in [1.807, 2.05) is 41.8 Å². The number of carbonyl (C=O) groups is 1. The summed E-state index contributed by atoms with van der Waals surface area (Å²) in [6.45, 7) is 2.06. The summed E-state index contributed by atoms with van der Waals surface area (Å²) in [5, 5.41) is 12.2. The molecule has 2 N–H and O–H groups in total. The molecule has 0 bridgehead atoms. The van der Waals surface area contributed by atoms with Gasteiger partial charge in [0.1, 0.15) is 5.75 Å². The molecule has 2 heterocycles. The van der Waals surface area contributed by atoms with E-state index in [1.165, 1.54) is 12.8 Å². The summed E-state index contributed by atoms with van der Waals surface area (Å²) in [4.78, 5) is 13.7. The van der Waals surface area contributed by atoms with Gasteiger partial charge in [0.15, 0.2) is 5.69 Å². The molecular formula is C22H25N3O2S. The highest BCUT2D eigenvalue weighted by Gasteiger charge is 2.19. The first-order valence-electron chi connectivity index (χ1n) is 9.89. The fourth-order valence-corrected chi connectivity index (χ4v) is 4.32. The lowest BCUT2D eigenvalue weighted by Crippen LogP contribution is -2.28. The zero-order chi connectivity index (χ0) is 19.3. The van der Waals surface area contributed by atoms with Crippen LogP contribution >= 0.6 is 11.3 Å². The molecule has 146 valence electrons. The number of amides is 1. The number of nitrogens with one attached hydrogen (secondary N) is 2. The molecule has 1 aromatic carbocycles. The molecule has 2 aromatic heterocycles. The number of nitrogens with zero attached hydrogens (tertiary/aromatic N) is 1. The van der Waals surface area contributed by atoms with E-state index in [0.717, 1.165) is 41.1 Å². The maximum absolute atomic E-state index is 12.7. The van der Waals surface area contributed by atoms with Crippen LogP contribution in [-0.2, 0) is 0 Å². The maximum Gasteiger partial charge on any atom is 0.272 e. The number of thiophene rings is 1. The Labute approximate surface area is 169 Å². The van der Waals surface area contributed by atoms with Crippen molar-refractivity contribution in [2.75, 3.05) is 0 Å². The molecule has 0 spiro atoms. The Hall–Kier alpha value is -2.60. The average molecular weight is 396 g/mol. The van der Waals surface area contributed by atoms with Crippen LogP contribution < -0.4 is 10.1 Å². The molecule has 3 aromatic rings. The van der Waals surface area contributed by atoms with Gasteiger partial charge in [0.2, 0.25) is 0 Å². The molecule has 5 nitrogen and oxygen atoms in total. The summed E-state index contributed by atoms with van der Waals surface area (Å²) in [7, 11) is 0. The Morgan fingerprint density at radius 2 is 2.07 bits per heavy atom. The number of carbonyl (C=O) groups excluding carboxylic acids is 1. The Bertz CT molecular complexity index is 896. The second kappa shape index (κ2) is 8.61. The summed E-state index contributed by atoms with van der Waals surface area (Å²) in [5.41, 5.74) is 2.34. The van der Waals surface area contributed by atoms with Gasteiger partial charge in [-0.1, -0.05) is 25.1 Å². The Kier molecular flexibility index (Phi) is 5.76. The third-order valence-electron chi connectivity index (χ3n) is 5.20. The molecule has 0 saturated heterocycles. The zero-order valence-corrected chi connectivity index (χ0v) is 16.8. The highest BCUT2D eigenvalue weighted by atomic mass is 32.1. The van der Waals surface area contributed by atoms with Gasteiger partial charge in [0.25, 0.3) is 5.91 Å². The molecule has 28 heavy (non-hydrogen) atoms. The number of aromatic nitrogens is 2. The normalized spacial score (nSPS) is 15.5. The van der Waals surface area contributed by atoms with Gasteiger partial charge in [0.05, 0.1) is 22.7 Å². The molecule has 1 saturated carbocycles. The van der Waals surface area contributed by atoms with Crippen molar-refractivity contribution in [3.05, 3.63) is 59.1 Å². The van der Waals surface area contributed by atoms with Gasteiger partial charge in [-0.15, -0.1) is 11.3 Å². The second-order valence-electron chi connectivity index (χ2n) is 7.17. The van der Waals surface area contributed by atoms with Crippen LogP contribution in [0.4, 0.5) is 0 Å². The highest BCUT2D eigenvalue weighted by Crippen LogP contribution is 2.26. The fourth-order valence-electron chi connectivity index (χ4n) is 3.63. The average Bonchev–Trinajstić information content (AvgIpc) is 3.48. The van der Waals surface area contributed by atoms with Crippen LogP contribution in [0.2, 0.25) is 0 Å². The van der Waals surface area contributed by atoms with Crippen LogP contribution in [0.1, 0.15) is 61.1 Å². The van der Waals surface area contributed by atoms with Crippen molar-refractivity contribution in [2.24, 2.45) is 0 Å². The number of ether oxygens (including phenoxy) is 1. The van der Waals surface area contributed by atoms with Gasteiger partial charge in [-0.3, -0.25) is 9.89 Å². The molecule has 4 rings (SSSR count). The smallest absolute Gasteiger partial charge is 0.272 e. The fraction of sp³-hybridized carbons (Fsp3) is 0.364. The minimum absolute atomic E-state index is 0.0603. The quantitative estimate of drug-likeness (QED) is 0.567. The number of rotatable bonds is 7. The van der Waals surface area contributed by atoms with Gasteiger partial charge in [-0.05, 0) is 67.3 Å². The van der Waals surface area contributed by atoms with Gasteiger partial charge >= 0.3 is 0 Å². The third-order valence-corrected chi connectivity index (χ3v) is 6.10. The topological polar surface area (TPSA) is 67.0 Å². The zero-order valence-electron chi connectivity index (χ0n) is 16.0. The lowest BCUT2D eigenvalue weighted by atomic mass is 10.0. The first-order valence-corrected chi connectivity index (χ1v) is 10.8. The minimum atomic E-state index is -0.169. The van der Waals surface area contributed by atoms with Gasteiger partial charge < -0.3 is 10.1 Å².